The van der Waals surface area contributed by atoms with E-state index in [4.69, 9.17) is 24.0 Å². The Bertz CT molecular complexity index is 2110. The molecular weight excluding hydrogens is 626 g/mol. The normalized spacial score (nSPS) is 11.2. The summed E-state index contributed by atoms with van der Waals surface area (Å²) in [5, 5.41) is 8.09. The van der Waals surface area contributed by atoms with E-state index in [2.05, 4.69) is 43.5 Å². The van der Waals surface area contributed by atoms with Crippen molar-refractivity contribution in [3.05, 3.63) is 139 Å². The molecule has 256 valence electrons. The lowest BCUT2D eigenvalue weighted by Crippen LogP contribution is -2.14. The van der Waals surface area contributed by atoms with Crippen molar-refractivity contribution in [1.29, 1.82) is 0 Å². The summed E-state index contributed by atoms with van der Waals surface area (Å²) in [6.07, 6.45) is 4.84. The molecule has 50 heavy (non-hydrogen) atoms. The van der Waals surface area contributed by atoms with Gasteiger partial charge < -0.3 is 23.5 Å². The molecule has 0 amide bonds. The Kier molecular flexibility index (Phi) is 11.1. The van der Waals surface area contributed by atoms with Gasteiger partial charge in [0.25, 0.3) is 0 Å². The number of hydrogen-bond donors (Lipinski definition) is 0. The van der Waals surface area contributed by atoms with Crippen molar-refractivity contribution in [1.82, 2.24) is 14.3 Å². The number of allylic oxidation sites excluding steroid dienone is 1. The largest absolute Gasteiger partial charge is 0.493 e. The lowest BCUT2D eigenvalue weighted by atomic mass is 9.98. The van der Waals surface area contributed by atoms with Crippen LogP contribution in [0.1, 0.15) is 40.8 Å². The second-order valence-corrected chi connectivity index (χ2v) is 11.9. The highest BCUT2D eigenvalue weighted by Crippen LogP contribution is 2.39. The molecule has 6 rings (SSSR count). The van der Waals surface area contributed by atoms with E-state index in [-0.39, 0.29) is 19.2 Å². The van der Waals surface area contributed by atoms with Gasteiger partial charge in [0.2, 0.25) is 0 Å². The number of rotatable bonds is 17. The fourth-order valence-electron chi connectivity index (χ4n) is 6.54. The quantitative estimate of drug-likeness (QED) is 0.0549. The van der Waals surface area contributed by atoms with Crippen molar-refractivity contribution in [3.63, 3.8) is 0 Å². The number of carbonyl (C=O) groups excluding carboxylic acids is 1. The lowest BCUT2D eigenvalue weighted by molar-refractivity contribution is 0.0513. The average molecular weight is 670 g/mol. The van der Waals surface area contributed by atoms with E-state index in [0.717, 1.165) is 61.3 Å². The molecule has 0 aliphatic heterocycles. The van der Waals surface area contributed by atoms with Gasteiger partial charge in [0.05, 0.1) is 37.6 Å². The molecule has 2 aromatic heterocycles. The Morgan fingerprint density at radius 3 is 2.42 bits per heavy atom. The number of hydrogen-bond acceptors (Lipinski definition) is 6. The van der Waals surface area contributed by atoms with Gasteiger partial charge in [-0.2, -0.15) is 5.10 Å². The number of carbonyl (C=O) groups is 1. The van der Waals surface area contributed by atoms with Crippen LogP contribution in [0.3, 0.4) is 0 Å². The average Bonchev–Trinajstić information content (AvgIpc) is 3.63. The summed E-state index contributed by atoms with van der Waals surface area (Å²) in [5.41, 5.74) is 5.82. The van der Waals surface area contributed by atoms with Crippen molar-refractivity contribution in [2.24, 2.45) is 7.05 Å². The van der Waals surface area contributed by atoms with Gasteiger partial charge in [0.1, 0.15) is 29.5 Å². The molecule has 0 atom stereocenters. The van der Waals surface area contributed by atoms with E-state index in [9.17, 15) is 4.79 Å². The van der Waals surface area contributed by atoms with Crippen LogP contribution in [0.5, 0.6) is 11.5 Å². The predicted molar refractivity (Wildman–Crippen MR) is 199 cm³/mol. The molecular formula is C42H43N3O5. The third-order valence-electron chi connectivity index (χ3n) is 8.65. The Labute approximate surface area is 293 Å². The number of fused-ring (bicyclic) bond motifs is 2. The monoisotopic (exact) mass is 669 g/mol. The molecule has 0 aliphatic carbocycles. The van der Waals surface area contributed by atoms with Crippen LogP contribution in [0.25, 0.3) is 32.8 Å². The molecule has 0 N–H and O–H groups in total. The van der Waals surface area contributed by atoms with Crippen LogP contribution in [-0.4, -0.2) is 40.1 Å². The SMILES string of the molecule is C=CCOCc1c(-c2cccc3c(CCCOc4cccc5ccccc45)c(C(=O)OCC)n(CC=C)c23)c(COc2ccccc2)nn1C. The van der Waals surface area contributed by atoms with Crippen LogP contribution in [-0.2, 0) is 42.7 Å². The van der Waals surface area contributed by atoms with Gasteiger partial charge >= 0.3 is 5.97 Å². The van der Waals surface area contributed by atoms with Crippen LogP contribution in [0.2, 0.25) is 0 Å². The molecule has 2 heterocycles. The van der Waals surface area contributed by atoms with Gasteiger partial charge in [-0.05, 0) is 48.9 Å². The van der Waals surface area contributed by atoms with Crippen molar-refractivity contribution in [2.75, 3.05) is 19.8 Å². The molecule has 4 aromatic carbocycles. The first kappa shape index (κ1) is 34.3. The Morgan fingerprint density at radius 1 is 0.860 bits per heavy atom. The zero-order valence-corrected chi connectivity index (χ0v) is 28.8. The Hall–Kier alpha value is -5.60. The Balaban J connectivity index is 1.43. The fourth-order valence-corrected chi connectivity index (χ4v) is 6.54. The molecule has 0 aliphatic rings. The van der Waals surface area contributed by atoms with Gasteiger partial charge in [-0.3, -0.25) is 4.68 Å². The number of para-hydroxylation sites is 2. The summed E-state index contributed by atoms with van der Waals surface area (Å²) in [6, 6.07) is 30.2. The zero-order valence-electron chi connectivity index (χ0n) is 28.8. The molecule has 0 spiro atoms. The second-order valence-electron chi connectivity index (χ2n) is 11.9. The third-order valence-corrected chi connectivity index (χ3v) is 8.65. The molecule has 8 heteroatoms. The highest BCUT2D eigenvalue weighted by molar-refractivity contribution is 6.05. The molecule has 6 aromatic rings. The maximum atomic E-state index is 13.8. The number of ether oxygens (including phenoxy) is 4. The van der Waals surface area contributed by atoms with Crippen molar-refractivity contribution < 1.29 is 23.7 Å². The van der Waals surface area contributed by atoms with Crippen LogP contribution in [0.4, 0.5) is 0 Å². The maximum absolute atomic E-state index is 13.8. The smallest absolute Gasteiger partial charge is 0.355 e. The molecule has 8 nitrogen and oxygen atoms in total. The minimum absolute atomic E-state index is 0.246. The highest BCUT2D eigenvalue weighted by Gasteiger charge is 2.28. The highest BCUT2D eigenvalue weighted by atomic mass is 16.5. The first-order valence-electron chi connectivity index (χ1n) is 17.0. The second kappa shape index (κ2) is 16.2. The summed E-state index contributed by atoms with van der Waals surface area (Å²) >= 11 is 0. The van der Waals surface area contributed by atoms with E-state index in [1.165, 1.54) is 0 Å². The third kappa shape index (κ3) is 7.21. The van der Waals surface area contributed by atoms with Crippen LogP contribution in [0.15, 0.2) is 116 Å². The van der Waals surface area contributed by atoms with Crippen LogP contribution >= 0.6 is 0 Å². The molecule has 0 unspecified atom stereocenters. The number of esters is 1. The first-order chi connectivity index (χ1) is 24.5. The van der Waals surface area contributed by atoms with Gasteiger partial charge in [-0.25, -0.2) is 4.79 Å². The molecule has 0 saturated heterocycles. The summed E-state index contributed by atoms with van der Waals surface area (Å²) in [6.45, 7) is 11.8. The van der Waals surface area contributed by atoms with E-state index >= 15 is 0 Å². The summed E-state index contributed by atoms with van der Waals surface area (Å²) < 4.78 is 28.0. The Morgan fingerprint density at radius 2 is 1.62 bits per heavy atom. The standard InChI is InChI=1S/C42H43N3O5/c1-5-25-45-40-33(34(41(45)42(46)48-7-3)23-15-27-49-38-24-13-17-30-16-11-12-20-32(30)38)21-14-22-35(40)39-36(28-50-31-18-9-8-10-19-31)43-44(4)37(39)29-47-26-6-2/h5-6,8-14,16-22,24H,1-2,7,15,23,25-29H2,3-4H3. The minimum atomic E-state index is -0.366. The molecule has 0 fully saturated rings. The molecule has 0 bridgehead atoms. The van der Waals surface area contributed by atoms with Crippen LogP contribution < -0.4 is 9.47 Å². The van der Waals surface area contributed by atoms with E-state index in [1.54, 1.807) is 6.08 Å². The fraction of sp³-hybridized carbons (Fsp3) is 0.238. The van der Waals surface area contributed by atoms with Gasteiger partial charge in [0, 0.05) is 35.5 Å². The van der Waals surface area contributed by atoms with E-state index in [0.29, 0.717) is 44.9 Å². The topological polar surface area (TPSA) is 76.7 Å². The van der Waals surface area contributed by atoms with Crippen molar-refractivity contribution >= 4 is 27.6 Å². The number of aromatic nitrogens is 3. The summed E-state index contributed by atoms with van der Waals surface area (Å²) in [7, 11) is 1.91. The van der Waals surface area contributed by atoms with E-state index in [1.807, 2.05) is 90.0 Å². The number of nitrogens with zero attached hydrogens (tertiary/aromatic N) is 3. The summed E-state index contributed by atoms with van der Waals surface area (Å²) in [4.78, 5) is 13.8. The molecule has 0 saturated carbocycles. The van der Waals surface area contributed by atoms with Gasteiger partial charge in [-0.1, -0.05) is 84.9 Å². The van der Waals surface area contributed by atoms with Crippen molar-refractivity contribution in [3.8, 4) is 22.6 Å². The lowest BCUT2D eigenvalue weighted by Gasteiger charge is -2.14. The molecule has 0 radical (unpaired) electrons. The first-order valence-corrected chi connectivity index (χ1v) is 17.0. The van der Waals surface area contributed by atoms with E-state index < -0.39 is 0 Å². The van der Waals surface area contributed by atoms with Crippen LogP contribution in [0, 0.1) is 0 Å². The number of benzene rings is 4. The number of aryl methyl sites for hydroxylation is 2. The van der Waals surface area contributed by atoms with Gasteiger partial charge in [0.15, 0.2) is 0 Å². The minimum Gasteiger partial charge on any atom is -0.493 e. The zero-order chi connectivity index (χ0) is 34.9. The summed E-state index contributed by atoms with van der Waals surface area (Å²) in [5.74, 6) is 1.23. The van der Waals surface area contributed by atoms with Crippen molar-refractivity contribution in [2.45, 2.75) is 39.5 Å². The predicted octanol–water partition coefficient (Wildman–Crippen LogP) is 8.85. The van der Waals surface area contributed by atoms with Gasteiger partial charge in [-0.15, -0.1) is 13.2 Å². The maximum Gasteiger partial charge on any atom is 0.355 e.